The maximum atomic E-state index is 9.64. The summed E-state index contributed by atoms with van der Waals surface area (Å²) >= 11 is 3.22. The van der Waals surface area contributed by atoms with Gasteiger partial charge in [-0.25, -0.2) is 4.98 Å². The molecule has 3 rings (SSSR count). The van der Waals surface area contributed by atoms with Crippen molar-refractivity contribution < 1.29 is 5.11 Å². The van der Waals surface area contributed by atoms with E-state index in [1.54, 1.807) is 29.2 Å². The zero-order valence-corrected chi connectivity index (χ0v) is 10.5. The second-order valence-electron chi connectivity index (χ2n) is 3.58. The minimum atomic E-state index is 0.332. The standard InChI is InChI=1S/C12H10N2OS2/c15-10-3-1-2-4-11(10)17-8-9-7-14-5-6-16-12(14)13-9/h1-7,15H,8H2. The van der Waals surface area contributed by atoms with Crippen LogP contribution in [0.15, 0.2) is 46.9 Å². The first kappa shape index (κ1) is 10.7. The van der Waals surface area contributed by atoms with Crippen molar-refractivity contribution in [1.82, 2.24) is 9.38 Å². The number of para-hydroxylation sites is 1. The van der Waals surface area contributed by atoms with E-state index < -0.39 is 0 Å². The van der Waals surface area contributed by atoms with Crippen molar-refractivity contribution in [3.8, 4) is 5.75 Å². The fourth-order valence-corrected chi connectivity index (χ4v) is 3.13. The molecular formula is C12H10N2OS2. The Balaban J connectivity index is 1.76. The molecule has 1 aromatic carbocycles. The highest BCUT2D eigenvalue weighted by molar-refractivity contribution is 7.98. The van der Waals surface area contributed by atoms with Crippen molar-refractivity contribution in [3.05, 3.63) is 47.7 Å². The van der Waals surface area contributed by atoms with Gasteiger partial charge in [-0.1, -0.05) is 12.1 Å². The number of benzene rings is 1. The second kappa shape index (κ2) is 4.43. The number of phenols is 1. The molecule has 0 amide bonds. The van der Waals surface area contributed by atoms with Crippen LogP contribution in [0.2, 0.25) is 0 Å². The van der Waals surface area contributed by atoms with E-state index in [1.807, 2.05) is 40.4 Å². The molecule has 5 heteroatoms. The van der Waals surface area contributed by atoms with E-state index in [2.05, 4.69) is 4.98 Å². The lowest BCUT2D eigenvalue weighted by Crippen LogP contribution is -1.80. The number of thiazole rings is 1. The molecule has 86 valence electrons. The van der Waals surface area contributed by atoms with Crippen molar-refractivity contribution in [2.75, 3.05) is 0 Å². The molecule has 3 nitrogen and oxygen atoms in total. The highest BCUT2D eigenvalue weighted by Crippen LogP contribution is 2.30. The lowest BCUT2D eigenvalue weighted by atomic mass is 10.3. The minimum absolute atomic E-state index is 0.332. The van der Waals surface area contributed by atoms with Crippen LogP contribution in [-0.2, 0) is 5.75 Å². The summed E-state index contributed by atoms with van der Waals surface area (Å²) in [6.07, 6.45) is 4.03. The highest BCUT2D eigenvalue weighted by Gasteiger charge is 2.05. The Morgan fingerprint density at radius 3 is 3.06 bits per heavy atom. The Morgan fingerprint density at radius 1 is 1.35 bits per heavy atom. The zero-order chi connectivity index (χ0) is 11.7. The Kier molecular flexibility index (Phi) is 2.78. The van der Waals surface area contributed by atoms with Crippen LogP contribution in [0.4, 0.5) is 0 Å². The lowest BCUT2D eigenvalue weighted by Gasteiger charge is -2.01. The average Bonchev–Trinajstić information content (AvgIpc) is 2.88. The van der Waals surface area contributed by atoms with Crippen molar-refractivity contribution in [2.45, 2.75) is 10.6 Å². The van der Waals surface area contributed by atoms with Gasteiger partial charge in [0.2, 0.25) is 0 Å². The number of hydrogen-bond donors (Lipinski definition) is 1. The van der Waals surface area contributed by atoms with E-state index in [0.29, 0.717) is 5.75 Å². The van der Waals surface area contributed by atoms with Crippen LogP contribution in [0.1, 0.15) is 5.69 Å². The first-order chi connectivity index (χ1) is 8.33. The van der Waals surface area contributed by atoms with E-state index >= 15 is 0 Å². The van der Waals surface area contributed by atoms with Gasteiger partial charge in [-0.2, -0.15) is 0 Å². The van der Waals surface area contributed by atoms with Gasteiger partial charge in [0.1, 0.15) is 5.75 Å². The van der Waals surface area contributed by atoms with Crippen molar-refractivity contribution in [1.29, 1.82) is 0 Å². The van der Waals surface area contributed by atoms with Crippen molar-refractivity contribution in [3.63, 3.8) is 0 Å². The topological polar surface area (TPSA) is 37.5 Å². The van der Waals surface area contributed by atoms with Crippen LogP contribution >= 0.6 is 23.1 Å². The number of nitrogens with zero attached hydrogens (tertiary/aromatic N) is 2. The van der Waals surface area contributed by atoms with E-state index in [0.717, 1.165) is 21.3 Å². The molecule has 3 aromatic rings. The number of aromatic nitrogens is 2. The Bertz CT molecular complexity index is 616. The average molecular weight is 262 g/mol. The van der Waals surface area contributed by atoms with Gasteiger partial charge in [0.25, 0.3) is 0 Å². The Hall–Kier alpha value is -1.46. The van der Waals surface area contributed by atoms with Gasteiger partial charge in [-0.3, -0.25) is 4.40 Å². The van der Waals surface area contributed by atoms with Gasteiger partial charge in [0.15, 0.2) is 4.96 Å². The third kappa shape index (κ3) is 2.16. The fraction of sp³-hybridized carbons (Fsp3) is 0.0833. The maximum Gasteiger partial charge on any atom is 0.193 e. The van der Waals surface area contributed by atoms with Gasteiger partial charge >= 0.3 is 0 Å². The molecule has 0 bridgehead atoms. The van der Waals surface area contributed by atoms with Crippen molar-refractivity contribution >= 4 is 28.1 Å². The van der Waals surface area contributed by atoms with Crippen LogP contribution in [0, 0.1) is 0 Å². The quantitative estimate of drug-likeness (QED) is 0.735. The predicted molar refractivity (Wildman–Crippen MR) is 70.7 cm³/mol. The van der Waals surface area contributed by atoms with Gasteiger partial charge in [0.05, 0.1) is 5.69 Å². The number of fused-ring (bicyclic) bond motifs is 1. The Morgan fingerprint density at radius 2 is 2.24 bits per heavy atom. The predicted octanol–water partition coefficient (Wildman–Crippen LogP) is 3.39. The number of imidazole rings is 1. The number of phenolic OH excluding ortho intramolecular Hbond substituents is 1. The van der Waals surface area contributed by atoms with E-state index in [1.165, 1.54) is 0 Å². The van der Waals surface area contributed by atoms with Crippen molar-refractivity contribution in [2.24, 2.45) is 0 Å². The molecule has 2 aromatic heterocycles. The smallest absolute Gasteiger partial charge is 0.193 e. The van der Waals surface area contributed by atoms with Crippen LogP contribution in [0.25, 0.3) is 4.96 Å². The van der Waals surface area contributed by atoms with Crippen LogP contribution in [0.5, 0.6) is 5.75 Å². The van der Waals surface area contributed by atoms with Gasteiger partial charge in [0, 0.05) is 28.4 Å². The normalized spacial score (nSPS) is 11.1. The molecule has 0 fully saturated rings. The largest absolute Gasteiger partial charge is 0.507 e. The summed E-state index contributed by atoms with van der Waals surface area (Å²) < 4.78 is 2.02. The van der Waals surface area contributed by atoms with Crippen LogP contribution in [-0.4, -0.2) is 14.5 Å². The summed E-state index contributed by atoms with van der Waals surface area (Å²) in [6.45, 7) is 0. The summed E-state index contributed by atoms with van der Waals surface area (Å²) in [5.74, 6) is 1.10. The maximum absolute atomic E-state index is 9.64. The first-order valence-corrected chi connectivity index (χ1v) is 7.01. The number of aromatic hydroxyl groups is 1. The summed E-state index contributed by atoms with van der Waals surface area (Å²) in [5.41, 5.74) is 1.03. The molecule has 0 radical (unpaired) electrons. The number of rotatable bonds is 3. The first-order valence-electron chi connectivity index (χ1n) is 5.15. The number of thioether (sulfide) groups is 1. The molecule has 0 aliphatic heterocycles. The molecule has 0 aliphatic rings. The summed E-state index contributed by atoms with van der Waals surface area (Å²) in [4.78, 5) is 6.40. The minimum Gasteiger partial charge on any atom is -0.507 e. The summed E-state index contributed by atoms with van der Waals surface area (Å²) in [7, 11) is 0. The molecule has 0 spiro atoms. The molecule has 0 saturated carbocycles. The lowest BCUT2D eigenvalue weighted by molar-refractivity contribution is 0.462. The SMILES string of the molecule is Oc1ccccc1SCc1cn2ccsc2n1. The second-order valence-corrected chi connectivity index (χ2v) is 5.47. The van der Waals surface area contributed by atoms with Crippen LogP contribution < -0.4 is 0 Å². The number of hydrogen-bond acceptors (Lipinski definition) is 4. The molecule has 0 unspecified atom stereocenters. The fourth-order valence-electron chi connectivity index (χ4n) is 1.58. The molecule has 0 atom stereocenters. The summed E-state index contributed by atoms with van der Waals surface area (Å²) in [5, 5.41) is 11.7. The van der Waals surface area contributed by atoms with E-state index in [4.69, 9.17) is 0 Å². The molecule has 0 saturated heterocycles. The monoisotopic (exact) mass is 262 g/mol. The molecule has 0 aliphatic carbocycles. The molecular weight excluding hydrogens is 252 g/mol. The Labute approximate surface area is 107 Å². The summed E-state index contributed by atoms with van der Waals surface area (Å²) in [6, 6.07) is 7.37. The van der Waals surface area contributed by atoms with E-state index in [9.17, 15) is 5.11 Å². The molecule has 1 N–H and O–H groups in total. The van der Waals surface area contributed by atoms with Gasteiger partial charge in [-0.05, 0) is 12.1 Å². The molecule has 2 heterocycles. The highest BCUT2D eigenvalue weighted by atomic mass is 32.2. The van der Waals surface area contributed by atoms with E-state index in [-0.39, 0.29) is 0 Å². The zero-order valence-electron chi connectivity index (χ0n) is 8.91. The van der Waals surface area contributed by atoms with Crippen LogP contribution in [0.3, 0.4) is 0 Å². The molecule has 17 heavy (non-hydrogen) atoms. The third-order valence-corrected chi connectivity index (χ3v) is 4.25. The van der Waals surface area contributed by atoms with Gasteiger partial charge in [-0.15, -0.1) is 23.1 Å². The van der Waals surface area contributed by atoms with Gasteiger partial charge < -0.3 is 5.11 Å². The third-order valence-electron chi connectivity index (χ3n) is 2.38.